The van der Waals surface area contributed by atoms with E-state index in [0.29, 0.717) is 39.4 Å². The molecule has 0 saturated heterocycles. The van der Waals surface area contributed by atoms with Gasteiger partial charge in [0.05, 0.1) is 21.7 Å². The topological polar surface area (TPSA) is 114 Å². The Hall–Kier alpha value is -4.15. The molecule has 38 heavy (non-hydrogen) atoms. The molecule has 0 atom stereocenters. The predicted molar refractivity (Wildman–Crippen MR) is 152 cm³/mol. The van der Waals surface area contributed by atoms with Crippen molar-refractivity contribution in [2.45, 2.75) is 18.7 Å². The van der Waals surface area contributed by atoms with Crippen LogP contribution in [0.3, 0.4) is 0 Å². The molecule has 0 bridgehead atoms. The average molecular weight is 588 g/mol. The molecular formula is C28H22BrN5O3S. The molecule has 1 amide bonds. The largest absolute Gasteiger partial charge is 0.322 e. The molecule has 0 aliphatic heterocycles. The molecule has 0 saturated carbocycles. The number of aromatic nitrogens is 3. The van der Waals surface area contributed by atoms with Crippen molar-refractivity contribution in [2.75, 3.05) is 10.0 Å². The minimum atomic E-state index is -3.88. The number of nitrogens with zero attached hydrogens (tertiary/aromatic N) is 3. The van der Waals surface area contributed by atoms with Gasteiger partial charge in [-0.2, -0.15) is 0 Å². The van der Waals surface area contributed by atoms with Crippen molar-refractivity contribution in [3.05, 3.63) is 106 Å². The number of hydrogen-bond acceptors (Lipinski definition) is 6. The summed E-state index contributed by atoms with van der Waals surface area (Å²) < 4.78 is 29.1. The molecule has 0 spiro atoms. The molecule has 0 aliphatic rings. The van der Waals surface area contributed by atoms with E-state index in [2.05, 4.69) is 35.9 Å². The number of anilines is 2. The van der Waals surface area contributed by atoms with Crippen molar-refractivity contribution in [1.29, 1.82) is 0 Å². The molecule has 10 heteroatoms. The van der Waals surface area contributed by atoms with Crippen LogP contribution < -0.4 is 10.0 Å². The summed E-state index contributed by atoms with van der Waals surface area (Å²) in [5.41, 5.74) is 3.81. The Morgan fingerprint density at radius 2 is 1.55 bits per heavy atom. The Balaban J connectivity index is 1.40. The highest BCUT2D eigenvalue weighted by Gasteiger charge is 2.17. The lowest BCUT2D eigenvalue weighted by molar-refractivity contribution is 0.102. The number of amides is 1. The number of fused-ring (bicyclic) bond motifs is 1. The van der Waals surface area contributed by atoms with Gasteiger partial charge in [0.2, 0.25) is 0 Å². The second-order valence-corrected chi connectivity index (χ2v) is 11.2. The van der Waals surface area contributed by atoms with Crippen LogP contribution in [0.5, 0.6) is 0 Å². The fourth-order valence-electron chi connectivity index (χ4n) is 4.01. The molecule has 0 aliphatic carbocycles. The summed E-state index contributed by atoms with van der Waals surface area (Å²) in [7, 11) is -3.88. The van der Waals surface area contributed by atoms with E-state index in [0.717, 1.165) is 10.0 Å². The monoisotopic (exact) mass is 587 g/mol. The van der Waals surface area contributed by atoms with E-state index in [4.69, 9.17) is 4.98 Å². The molecule has 0 unspecified atom stereocenters. The molecule has 0 radical (unpaired) electrons. The molecule has 190 valence electrons. The number of rotatable bonds is 6. The van der Waals surface area contributed by atoms with E-state index < -0.39 is 10.0 Å². The molecule has 2 aromatic heterocycles. The van der Waals surface area contributed by atoms with Gasteiger partial charge in [0, 0.05) is 32.9 Å². The minimum absolute atomic E-state index is 0.0382. The summed E-state index contributed by atoms with van der Waals surface area (Å²) in [6.07, 6.45) is 0. The zero-order valence-electron chi connectivity index (χ0n) is 20.4. The zero-order chi connectivity index (χ0) is 26.9. The highest BCUT2D eigenvalue weighted by Crippen LogP contribution is 2.27. The third-order valence-electron chi connectivity index (χ3n) is 5.73. The van der Waals surface area contributed by atoms with Crippen LogP contribution in [0.25, 0.3) is 22.2 Å². The average Bonchev–Trinajstić information content (AvgIpc) is 2.88. The maximum atomic E-state index is 13.4. The molecule has 2 heterocycles. The molecular weight excluding hydrogens is 566 g/mol. The third-order valence-corrected chi connectivity index (χ3v) is 7.63. The lowest BCUT2D eigenvalue weighted by atomic mass is 10.0. The fourth-order valence-corrected chi connectivity index (χ4v) is 5.27. The fraction of sp³-hybridized carbons (Fsp3) is 0.0714. The van der Waals surface area contributed by atoms with Crippen LogP contribution in [-0.2, 0) is 10.0 Å². The first-order valence-corrected chi connectivity index (χ1v) is 13.9. The third kappa shape index (κ3) is 5.56. The van der Waals surface area contributed by atoms with E-state index in [1.807, 2.05) is 48.5 Å². The van der Waals surface area contributed by atoms with Gasteiger partial charge in [-0.3, -0.25) is 9.52 Å². The van der Waals surface area contributed by atoms with E-state index in [-0.39, 0.29) is 16.6 Å². The first kappa shape index (κ1) is 25.5. The Labute approximate surface area is 228 Å². The molecule has 2 N–H and O–H groups in total. The zero-order valence-corrected chi connectivity index (χ0v) is 22.8. The number of sulfonamides is 1. The number of nitrogens with one attached hydrogen (secondary N) is 2. The maximum Gasteiger partial charge on any atom is 0.263 e. The first-order chi connectivity index (χ1) is 18.2. The van der Waals surface area contributed by atoms with Crippen molar-refractivity contribution in [1.82, 2.24) is 15.0 Å². The number of carbonyl (C=O) groups is 1. The van der Waals surface area contributed by atoms with Crippen molar-refractivity contribution < 1.29 is 13.2 Å². The molecule has 5 aromatic rings. The summed E-state index contributed by atoms with van der Waals surface area (Å²) in [6, 6.07) is 24.4. The van der Waals surface area contributed by atoms with E-state index in [1.54, 1.807) is 38.1 Å². The molecule has 5 rings (SSSR count). The van der Waals surface area contributed by atoms with Gasteiger partial charge in [0.1, 0.15) is 11.6 Å². The van der Waals surface area contributed by atoms with Gasteiger partial charge < -0.3 is 5.32 Å². The number of para-hydroxylation sites is 1. The predicted octanol–water partition coefficient (Wildman–Crippen LogP) is 6.12. The van der Waals surface area contributed by atoms with Gasteiger partial charge in [-0.25, -0.2) is 23.4 Å². The Bertz CT molecular complexity index is 1750. The number of carbonyl (C=O) groups excluding carboxylic acids is 1. The Kier molecular flexibility index (Phi) is 6.92. The number of hydrogen-bond donors (Lipinski definition) is 2. The van der Waals surface area contributed by atoms with Crippen molar-refractivity contribution >= 4 is 54.3 Å². The van der Waals surface area contributed by atoms with Crippen molar-refractivity contribution in [2.24, 2.45) is 0 Å². The van der Waals surface area contributed by atoms with E-state index in [1.165, 1.54) is 12.1 Å². The van der Waals surface area contributed by atoms with Crippen LogP contribution in [0.1, 0.15) is 21.9 Å². The Morgan fingerprint density at radius 1 is 0.842 bits per heavy atom. The maximum absolute atomic E-state index is 13.4. The van der Waals surface area contributed by atoms with Crippen LogP contribution >= 0.6 is 15.9 Å². The summed E-state index contributed by atoms with van der Waals surface area (Å²) in [4.78, 5) is 26.4. The van der Waals surface area contributed by atoms with Crippen LogP contribution in [0, 0.1) is 13.8 Å². The standard InChI is InChI=1S/C28H22BrN5O3S/c1-17-15-27(31-18(2)30-17)34-38(36,37)22-13-11-21(12-14-22)32-28(35)24-16-26(19-7-9-20(29)10-8-19)33-25-6-4-3-5-23(24)25/h3-16H,1-2H3,(H,32,35)(H,30,31,34). The van der Waals surface area contributed by atoms with Gasteiger partial charge in [-0.05, 0) is 62.4 Å². The minimum Gasteiger partial charge on any atom is -0.322 e. The molecule has 8 nitrogen and oxygen atoms in total. The second kappa shape index (κ2) is 10.3. The van der Waals surface area contributed by atoms with Gasteiger partial charge >= 0.3 is 0 Å². The smallest absolute Gasteiger partial charge is 0.263 e. The summed E-state index contributed by atoms with van der Waals surface area (Å²) >= 11 is 3.44. The van der Waals surface area contributed by atoms with Gasteiger partial charge in [-0.1, -0.05) is 46.3 Å². The van der Waals surface area contributed by atoms with Gasteiger partial charge in [0.15, 0.2) is 0 Å². The summed E-state index contributed by atoms with van der Waals surface area (Å²) in [5, 5.41) is 3.58. The van der Waals surface area contributed by atoms with Crippen LogP contribution in [0.2, 0.25) is 0 Å². The second-order valence-electron chi connectivity index (χ2n) is 8.60. The number of pyridine rings is 1. The number of benzene rings is 3. The Morgan fingerprint density at radius 3 is 2.26 bits per heavy atom. The van der Waals surface area contributed by atoms with Crippen LogP contribution in [0.4, 0.5) is 11.5 Å². The SMILES string of the molecule is Cc1cc(NS(=O)(=O)c2ccc(NC(=O)c3cc(-c4ccc(Br)cc4)nc4ccccc34)cc2)nc(C)n1. The quantitative estimate of drug-likeness (QED) is 0.247. The normalized spacial score (nSPS) is 11.3. The van der Waals surface area contributed by atoms with Crippen LogP contribution in [0.15, 0.2) is 94.3 Å². The summed E-state index contributed by atoms with van der Waals surface area (Å²) in [5.74, 6) is 0.328. The van der Waals surface area contributed by atoms with Gasteiger partial charge in [0.25, 0.3) is 15.9 Å². The first-order valence-electron chi connectivity index (χ1n) is 11.6. The van der Waals surface area contributed by atoms with Crippen LogP contribution in [-0.4, -0.2) is 29.3 Å². The highest BCUT2D eigenvalue weighted by atomic mass is 79.9. The highest BCUT2D eigenvalue weighted by molar-refractivity contribution is 9.10. The van der Waals surface area contributed by atoms with Gasteiger partial charge in [-0.15, -0.1) is 0 Å². The van der Waals surface area contributed by atoms with E-state index >= 15 is 0 Å². The molecule has 3 aromatic carbocycles. The van der Waals surface area contributed by atoms with Crippen molar-refractivity contribution in [3.8, 4) is 11.3 Å². The van der Waals surface area contributed by atoms with Crippen molar-refractivity contribution in [3.63, 3.8) is 0 Å². The number of halogens is 1. The lowest BCUT2D eigenvalue weighted by Crippen LogP contribution is -2.15. The molecule has 0 fully saturated rings. The number of aryl methyl sites for hydroxylation is 2. The lowest BCUT2D eigenvalue weighted by Gasteiger charge is -2.12. The summed E-state index contributed by atoms with van der Waals surface area (Å²) in [6.45, 7) is 3.45. The van der Waals surface area contributed by atoms with E-state index in [9.17, 15) is 13.2 Å².